The highest BCUT2D eigenvalue weighted by molar-refractivity contribution is 5.93. The van der Waals surface area contributed by atoms with Gasteiger partial charge in [-0.25, -0.2) is 0 Å². The predicted octanol–water partition coefficient (Wildman–Crippen LogP) is 3.43. The maximum atomic E-state index is 12.7. The first kappa shape index (κ1) is 15.2. The first-order valence-electron chi connectivity index (χ1n) is 7.00. The molecule has 0 bridgehead atoms. The third kappa shape index (κ3) is 2.80. The molecule has 21 heavy (non-hydrogen) atoms. The van der Waals surface area contributed by atoms with E-state index >= 15 is 0 Å². The van der Waals surface area contributed by atoms with Crippen LogP contribution in [0.5, 0.6) is 0 Å². The average Bonchev–Trinajstić information content (AvgIpc) is 2.44. The highest BCUT2D eigenvalue weighted by Crippen LogP contribution is 2.44. The monoisotopic (exact) mass is 286 g/mol. The van der Waals surface area contributed by atoms with E-state index in [1.165, 1.54) is 12.1 Å². The van der Waals surface area contributed by atoms with Crippen LogP contribution in [0, 0.1) is 32.3 Å². The summed E-state index contributed by atoms with van der Waals surface area (Å²) in [6, 6.07) is 8.40. The zero-order valence-corrected chi connectivity index (χ0v) is 12.3. The van der Waals surface area contributed by atoms with Gasteiger partial charge < -0.3 is 0 Å². The number of nitro benzene ring substituents is 1. The summed E-state index contributed by atoms with van der Waals surface area (Å²) in [6.07, 6.45) is 2.37. The lowest BCUT2D eigenvalue weighted by molar-refractivity contribution is -0.384. The van der Waals surface area contributed by atoms with E-state index in [0.717, 1.165) is 12.8 Å². The quantitative estimate of drug-likeness (QED) is 0.629. The van der Waals surface area contributed by atoms with Crippen LogP contribution in [0.4, 0.5) is 5.69 Å². The normalized spacial score (nSPS) is 24.3. The number of carbonyl (C=O) groups is 1. The van der Waals surface area contributed by atoms with Crippen LogP contribution < -0.4 is 0 Å². The molecule has 0 spiro atoms. The van der Waals surface area contributed by atoms with Crippen LogP contribution in [0.2, 0.25) is 0 Å². The predicted molar refractivity (Wildman–Crippen MR) is 77.5 cm³/mol. The molecule has 1 aromatic carbocycles. The van der Waals surface area contributed by atoms with E-state index in [0.29, 0.717) is 12.0 Å². The van der Waals surface area contributed by atoms with Crippen LogP contribution in [0.25, 0.3) is 0 Å². The Morgan fingerprint density at radius 3 is 2.71 bits per heavy atom. The number of benzene rings is 1. The molecule has 0 N–H and O–H groups in total. The topological polar surface area (TPSA) is 84.0 Å². The smallest absolute Gasteiger partial charge is 0.269 e. The number of Topliss-reactive ketones (excluding diaryl/α,β-unsaturated/α-hetero) is 1. The standard InChI is InChI=1S/C16H18N2O3/c1-15(2)7-4-8-16(11-17,14(15)19)10-12-5-3-6-13(9-12)18(20)21/h3,5-6,9H,4,7-8,10H2,1-2H3. The van der Waals surface area contributed by atoms with E-state index in [9.17, 15) is 20.2 Å². The number of hydrogen-bond acceptors (Lipinski definition) is 4. The summed E-state index contributed by atoms with van der Waals surface area (Å²) in [7, 11) is 0. The molecule has 1 aromatic rings. The first-order valence-corrected chi connectivity index (χ1v) is 7.00. The van der Waals surface area contributed by atoms with Crippen molar-refractivity contribution >= 4 is 11.5 Å². The van der Waals surface area contributed by atoms with Crippen molar-refractivity contribution in [2.45, 2.75) is 39.5 Å². The molecule has 1 atom stereocenters. The second-order valence-corrected chi connectivity index (χ2v) is 6.36. The van der Waals surface area contributed by atoms with E-state index in [1.54, 1.807) is 12.1 Å². The van der Waals surface area contributed by atoms with E-state index in [1.807, 2.05) is 13.8 Å². The molecule has 1 fully saturated rings. The molecule has 0 radical (unpaired) electrons. The molecule has 0 amide bonds. The highest BCUT2D eigenvalue weighted by Gasteiger charge is 2.49. The second kappa shape index (κ2) is 5.28. The number of rotatable bonds is 3. The van der Waals surface area contributed by atoms with Crippen LogP contribution in [0.1, 0.15) is 38.7 Å². The van der Waals surface area contributed by atoms with Gasteiger partial charge in [-0.2, -0.15) is 5.26 Å². The summed E-state index contributed by atoms with van der Waals surface area (Å²) < 4.78 is 0. The number of nitro groups is 1. The van der Waals surface area contributed by atoms with Gasteiger partial charge in [0, 0.05) is 17.5 Å². The van der Waals surface area contributed by atoms with Gasteiger partial charge in [-0.3, -0.25) is 14.9 Å². The molecule has 1 aliphatic rings. The Labute approximate surface area is 123 Å². The van der Waals surface area contributed by atoms with E-state index in [4.69, 9.17) is 0 Å². The van der Waals surface area contributed by atoms with Gasteiger partial charge in [0.2, 0.25) is 0 Å². The average molecular weight is 286 g/mol. The van der Waals surface area contributed by atoms with Crippen molar-refractivity contribution in [2.24, 2.45) is 10.8 Å². The Bertz CT molecular complexity index is 631. The molecule has 1 unspecified atom stereocenters. The lowest BCUT2D eigenvalue weighted by atomic mass is 9.61. The number of hydrogen-bond donors (Lipinski definition) is 0. The van der Waals surface area contributed by atoms with Crippen molar-refractivity contribution in [2.75, 3.05) is 0 Å². The van der Waals surface area contributed by atoms with Gasteiger partial charge in [0.15, 0.2) is 5.78 Å². The van der Waals surface area contributed by atoms with Crippen molar-refractivity contribution < 1.29 is 9.72 Å². The van der Waals surface area contributed by atoms with Crippen molar-refractivity contribution in [1.82, 2.24) is 0 Å². The minimum atomic E-state index is -1.06. The zero-order chi connectivity index (χ0) is 15.7. The van der Waals surface area contributed by atoms with Gasteiger partial charge in [-0.1, -0.05) is 32.4 Å². The largest absolute Gasteiger partial charge is 0.297 e. The maximum Gasteiger partial charge on any atom is 0.269 e. The SMILES string of the molecule is CC1(C)CCCC(C#N)(Cc2cccc([N+](=O)[O-])c2)C1=O. The van der Waals surface area contributed by atoms with Gasteiger partial charge in [-0.05, 0) is 24.8 Å². The van der Waals surface area contributed by atoms with Crippen molar-refractivity contribution in [3.63, 3.8) is 0 Å². The minimum Gasteiger partial charge on any atom is -0.297 e. The number of ketones is 1. The summed E-state index contributed by atoms with van der Waals surface area (Å²) in [6.45, 7) is 3.74. The summed E-state index contributed by atoms with van der Waals surface area (Å²) >= 11 is 0. The Morgan fingerprint density at radius 2 is 2.10 bits per heavy atom. The molecule has 1 saturated carbocycles. The molecule has 5 nitrogen and oxygen atoms in total. The summed E-state index contributed by atoms with van der Waals surface area (Å²) in [5, 5.41) is 20.4. The third-order valence-electron chi connectivity index (χ3n) is 4.30. The van der Waals surface area contributed by atoms with Gasteiger partial charge in [0.05, 0.1) is 11.0 Å². The highest BCUT2D eigenvalue weighted by atomic mass is 16.6. The first-order chi connectivity index (χ1) is 9.81. The molecule has 110 valence electrons. The number of carbonyl (C=O) groups excluding carboxylic acids is 1. The maximum absolute atomic E-state index is 12.7. The lowest BCUT2D eigenvalue weighted by Gasteiger charge is -2.39. The van der Waals surface area contributed by atoms with E-state index in [-0.39, 0.29) is 17.9 Å². The van der Waals surface area contributed by atoms with Crippen LogP contribution in [0.3, 0.4) is 0 Å². The number of non-ortho nitro benzene ring substituents is 1. The fourth-order valence-electron chi connectivity index (χ4n) is 3.15. The Morgan fingerprint density at radius 1 is 1.38 bits per heavy atom. The van der Waals surface area contributed by atoms with Crippen molar-refractivity contribution in [1.29, 1.82) is 5.26 Å². The summed E-state index contributed by atoms with van der Waals surface area (Å²) in [5.74, 6) is -0.0461. The van der Waals surface area contributed by atoms with E-state index < -0.39 is 15.8 Å². The Kier molecular flexibility index (Phi) is 3.82. The molecule has 0 aliphatic heterocycles. The summed E-state index contributed by atoms with van der Waals surface area (Å²) in [4.78, 5) is 23.0. The number of nitriles is 1. The second-order valence-electron chi connectivity index (χ2n) is 6.36. The molecule has 5 heteroatoms. The molecular formula is C16H18N2O3. The van der Waals surface area contributed by atoms with Gasteiger partial charge in [0.25, 0.3) is 5.69 Å². The van der Waals surface area contributed by atoms with Gasteiger partial charge >= 0.3 is 0 Å². The number of nitrogens with zero attached hydrogens (tertiary/aromatic N) is 2. The minimum absolute atomic E-state index is 0.0110. The zero-order valence-electron chi connectivity index (χ0n) is 12.3. The Balaban J connectivity index is 2.35. The third-order valence-corrected chi connectivity index (χ3v) is 4.30. The van der Waals surface area contributed by atoms with Crippen molar-refractivity contribution in [3.8, 4) is 6.07 Å². The lowest BCUT2D eigenvalue weighted by Crippen LogP contribution is -2.45. The van der Waals surface area contributed by atoms with Crippen molar-refractivity contribution in [3.05, 3.63) is 39.9 Å². The van der Waals surface area contributed by atoms with Crippen LogP contribution in [0.15, 0.2) is 24.3 Å². The molecule has 0 aromatic heterocycles. The van der Waals surface area contributed by atoms with E-state index in [2.05, 4.69) is 6.07 Å². The van der Waals surface area contributed by atoms with Gasteiger partial charge in [0.1, 0.15) is 5.41 Å². The van der Waals surface area contributed by atoms with Crippen LogP contribution in [-0.2, 0) is 11.2 Å². The summed E-state index contributed by atoms with van der Waals surface area (Å²) in [5.41, 5.74) is -0.911. The molecule has 0 heterocycles. The fraction of sp³-hybridized carbons (Fsp3) is 0.500. The molecule has 0 saturated heterocycles. The van der Waals surface area contributed by atoms with Crippen LogP contribution in [-0.4, -0.2) is 10.7 Å². The van der Waals surface area contributed by atoms with Gasteiger partial charge in [-0.15, -0.1) is 0 Å². The Hall–Kier alpha value is -2.22. The molecular weight excluding hydrogens is 268 g/mol. The van der Waals surface area contributed by atoms with Crippen LogP contribution >= 0.6 is 0 Å². The fourth-order valence-corrected chi connectivity index (χ4v) is 3.15. The molecule has 2 rings (SSSR count). The molecule has 1 aliphatic carbocycles.